The molecule has 0 aliphatic carbocycles. The number of hydrogen-bond acceptors (Lipinski definition) is 4. The Hall–Kier alpha value is -4.72. The van der Waals surface area contributed by atoms with Gasteiger partial charge in [-0.2, -0.15) is 0 Å². The average molecular weight is 540 g/mol. The fourth-order valence-electron chi connectivity index (χ4n) is 5.92. The fourth-order valence-corrected chi connectivity index (χ4v) is 5.92. The van der Waals surface area contributed by atoms with Crippen LogP contribution in [-0.2, 0) is 0 Å². The first-order valence-electron chi connectivity index (χ1n) is 13.4. The third-order valence-corrected chi connectivity index (χ3v) is 7.62. The van der Waals surface area contributed by atoms with Crippen LogP contribution in [0.2, 0.25) is 0 Å². The van der Waals surface area contributed by atoms with Crippen LogP contribution in [0.5, 0.6) is 0 Å². The second-order valence-electron chi connectivity index (χ2n) is 10.1. The van der Waals surface area contributed by atoms with E-state index in [-0.39, 0.29) is 27.3 Å². The summed E-state index contributed by atoms with van der Waals surface area (Å²) in [4.78, 5) is 51.5. The number of amides is 1. The van der Waals surface area contributed by atoms with E-state index in [9.17, 15) is 34.5 Å². The van der Waals surface area contributed by atoms with Gasteiger partial charge >= 0.3 is 17.9 Å². The van der Waals surface area contributed by atoms with Crippen LogP contribution in [0.15, 0.2) is 48.5 Å². The van der Waals surface area contributed by atoms with E-state index in [1.54, 1.807) is 18.2 Å². The molecule has 0 aliphatic heterocycles. The van der Waals surface area contributed by atoms with Crippen molar-refractivity contribution in [3.05, 3.63) is 70.8 Å². The first-order valence-corrected chi connectivity index (χ1v) is 13.4. The number of hydrogen-bond donors (Lipinski definition) is 4. The lowest BCUT2D eigenvalue weighted by molar-refractivity contribution is 0.0650. The Balaban J connectivity index is 1.87. The molecule has 0 unspecified atom stereocenters. The second kappa shape index (κ2) is 10.8. The van der Waals surface area contributed by atoms with E-state index in [0.717, 1.165) is 48.3 Å². The van der Waals surface area contributed by atoms with Gasteiger partial charge < -0.3 is 20.6 Å². The Labute approximate surface area is 229 Å². The maximum atomic E-state index is 13.8. The molecule has 1 amide bonds. The smallest absolute Gasteiger partial charge is 0.337 e. The Kier molecular flexibility index (Phi) is 7.26. The molecule has 0 aliphatic rings. The highest BCUT2D eigenvalue weighted by Crippen LogP contribution is 2.45. The first kappa shape index (κ1) is 26.9. The second-order valence-corrected chi connectivity index (χ2v) is 10.1. The highest BCUT2D eigenvalue weighted by Gasteiger charge is 2.33. The summed E-state index contributed by atoms with van der Waals surface area (Å²) < 4.78 is 0. The van der Waals surface area contributed by atoms with Crippen molar-refractivity contribution in [2.75, 3.05) is 6.54 Å². The summed E-state index contributed by atoms with van der Waals surface area (Å²) in [5.41, 5.74) is -2.03. The molecule has 0 saturated carbocycles. The number of unbranched alkanes of at least 4 members (excludes halogenated alkanes) is 5. The average Bonchev–Trinajstić information content (AvgIpc) is 2.93. The molecule has 0 saturated heterocycles. The molecule has 0 heterocycles. The van der Waals surface area contributed by atoms with Crippen LogP contribution in [0.25, 0.3) is 43.1 Å². The number of nitrogens with one attached hydrogen (secondary N) is 1. The minimum atomic E-state index is -1.62. The number of fused-ring (bicyclic) bond motifs is 2. The van der Waals surface area contributed by atoms with Crippen LogP contribution in [0.4, 0.5) is 0 Å². The molecule has 0 radical (unpaired) electrons. The number of benzene rings is 5. The lowest BCUT2D eigenvalue weighted by Crippen LogP contribution is -2.28. The standard InChI is InChI=1S/C32H29NO7/c1-2-3-4-5-6-7-16-33-29(34)26-24-20-13-9-11-17-10-8-12-18(22(17)20)19-14-15-21(30(35)36)25(23(19)24)27(31(37)38)28(26)32(39)40/h8-15H,2-7,16H2,1H3,(H,33,34)(H,35,36)(H,37,38)(H,39,40). The van der Waals surface area contributed by atoms with Gasteiger partial charge in [0.05, 0.1) is 22.3 Å². The van der Waals surface area contributed by atoms with Gasteiger partial charge in [0.15, 0.2) is 0 Å². The molecule has 0 bridgehead atoms. The number of carboxylic acid groups (broad SMARTS) is 3. The van der Waals surface area contributed by atoms with Crippen molar-refractivity contribution in [3.8, 4) is 0 Å². The van der Waals surface area contributed by atoms with Gasteiger partial charge in [-0.25, -0.2) is 14.4 Å². The quantitative estimate of drug-likeness (QED) is 0.0811. The van der Waals surface area contributed by atoms with Gasteiger partial charge in [-0.05, 0) is 44.8 Å². The molecule has 5 aromatic rings. The van der Waals surface area contributed by atoms with Crippen molar-refractivity contribution in [1.29, 1.82) is 0 Å². The predicted molar refractivity (Wildman–Crippen MR) is 154 cm³/mol. The molecular weight excluding hydrogens is 510 g/mol. The SMILES string of the molecule is CCCCCCCCNC(=O)c1c(C(=O)O)c(C(=O)O)c2c(C(=O)O)ccc3c4cccc5cccc(c1c23)c54. The van der Waals surface area contributed by atoms with E-state index < -0.39 is 34.9 Å². The van der Waals surface area contributed by atoms with Gasteiger partial charge in [0.2, 0.25) is 0 Å². The highest BCUT2D eigenvalue weighted by atomic mass is 16.4. The number of aromatic carboxylic acids is 3. The van der Waals surface area contributed by atoms with Crippen LogP contribution >= 0.6 is 0 Å². The molecule has 40 heavy (non-hydrogen) atoms. The number of rotatable bonds is 11. The van der Waals surface area contributed by atoms with E-state index in [1.807, 2.05) is 24.3 Å². The normalized spacial score (nSPS) is 11.5. The third kappa shape index (κ3) is 4.35. The summed E-state index contributed by atoms with van der Waals surface area (Å²) in [6.45, 7) is 2.43. The van der Waals surface area contributed by atoms with Gasteiger partial charge in [0, 0.05) is 17.3 Å². The van der Waals surface area contributed by atoms with Crippen LogP contribution < -0.4 is 5.32 Å². The van der Waals surface area contributed by atoms with E-state index in [0.29, 0.717) is 23.7 Å². The maximum Gasteiger partial charge on any atom is 0.337 e. The lowest BCUT2D eigenvalue weighted by Gasteiger charge is -2.21. The molecular formula is C32H29NO7. The molecule has 0 aromatic heterocycles. The monoisotopic (exact) mass is 539 g/mol. The van der Waals surface area contributed by atoms with Crippen molar-refractivity contribution in [1.82, 2.24) is 5.32 Å². The van der Waals surface area contributed by atoms with Crippen molar-refractivity contribution in [2.45, 2.75) is 45.4 Å². The minimum Gasteiger partial charge on any atom is -0.478 e. The van der Waals surface area contributed by atoms with E-state index >= 15 is 0 Å². The summed E-state index contributed by atoms with van der Waals surface area (Å²) in [5.74, 6) is -5.33. The molecule has 5 rings (SSSR count). The first-order chi connectivity index (χ1) is 19.3. The Morgan fingerprint density at radius 3 is 1.88 bits per heavy atom. The van der Waals surface area contributed by atoms with Crippen molar-refractivity contribution >= 4 is 66.9 Å². The van der Waals surface area contributed by atoms with Gasteiger partial charge in [-0.3, -0.25) is 4.79 Å². The molecule has 8 nitrogen and oxygen atoms in total. The van der Waals surface area contributed by atoms with E-state index in [2.05, 4.69) is 12.2 Å². The zero-order chi connectivity index (χ0) is 28.6. The number of carbonyl (C=O) groups is 4. The van der Waals surface area contributed by atoms with Crippen molar-refractivity contribution in [3.63, 3.8) is 0 Å². The summed E-state index contributed by atoms with van der Waals surface area (Å²) in [6, 6.07) is 13.9. The zero-order valence-electron chi connectivity index (χ0n) is 22.0. The molecule has 0 atom stereocenters. The number of carbonyl (C=O) groups excluding carboxylic acids is 1. The number of carboxylic acids is 3. The Bertz CT molecular complexity index is 1820. The van der Waals surface area contributed by atoms with Crippen LogP contribution in [0.1, 0.15) is 86.9 Å². The van der Waals surface area contributed by atoms with Crippen molar-refractivity contribution in [2.24, 2.45) is 0 Å². The van der Waals surface area contributed by atoms with Gasteiger partial charge in [0.1, 0.15) is 0 Å². The molecule has 4 N–H and O–H groups in total. The summed E-state index contributed by atoms with van der Waals surface area (Å²) in [5, 5.41) is 37.2. The maximum absolute atomic E-state index is 13.8. The molecule has 8 heteroatoms. The summed E-state index contributed by atoms with van der Waals surface area (Å²) >= 11 is 0. The minimum absolute atomic E-state index is 0.205. The van der Waals surface area contributed by atoms with E-state index in [4.69, 9.17) is 0 Å². The third-order valence-electron chi connectivity index (χ3n) is 7.62. The Morgan fingerprint density at radius 1 is 0.600 bits per heavy atom. The topological polar surface area (TPSA) is 141 Å². The van der Waals surface area contributed by atoms with E-state index in [1.165, 1.54) is 6.07 Å². The van der Waals surface area contributed by atoms with Crippen molar-refractivity contribution < 1.29 is 34.5 Å². The molecule has 0 spiro atoms. The fraction of sp³-hybridized carbons (Fsp3) is 0.250. The van der Waals surface area contributed by atoms with Crippen LogP contribution in [-0.4, -0.2) is 45.7 Å². The summed E-state index contributed by atoms with van der Waals surface area (Å²) in [6.07, 6.45) is 5.97. The van der Waals surface area contributed by atoms with Crippen LogP contribution in [0.3, 0.4) is 0 Å². The molecule has 204 valence electrons. The lowest BCUT2D eigenvalue weighted by atomic mass is 9.81. The molecule has 5 aromatic carbocycles. The zero-order valence-corrected chi connectivity index (χ0v) is 22.0. The largest absolute Gasteiger partial charge is 0.478 e. The Morgan fingerprint density at radius 2 is 1.23 bits per heavy atom. The van der Waals surface area contributed by atoms with Crippen LogP contribution in [0, 0.1) is 0 Å². The highest BCUT2D eigenvalue weighted by molar-refractivity contribution is 6.40. The van der Waals surface area contributed by atoms with Gasteiger partial charge in [0.25, 0.3) is 5.91 Å². The molecule has 0 fully saturated rings. The predicted octanol–water partition coefficient (Wildman–Crippen LogP) is 6.92. The summed E-state index contributed by atoms with van der Waals surface area (Å²) in [7, 11) is 0. The van der Waals surface area contributed by atoms with Gasteiger partial charge in [-0.1, -0.05) is 81.5 Å². The van der Waals surface area contributed by atoms with Gasteiger partial charge in [-0.15, -0.1) is 0 Å².